The summed E-state index contributed by atoms with van der Waals surface area (Å²) in [6.07, 6.45) is 1.34. The van der Waals surface area contributed by atoms with Crippen LogP contribution in [0.15, 0.2) is 36.5 Å². The Labute approximate surface area is 117 Å². The van der Waals surface area contributed by atoms with Gasteiger partial charge in [0.1, 0.15) is 5.56 Å². The molecular weight excluding hydrogens is 288 g/mol. The van der Waals surface area contributed by atoms with E-state index >= 15 is 0 Å². The number of aromatic nitrogens is 1. The van der Waals surface area contributed by atoms with Crippen molar-refractivity contribution in [3.05, 3.63) is 57.2 Å². The SMILES string of the molecule is O=C(O)c1cccnc1Oc1cc([N+](=O)[O-])ccc1Cl. The van der Waals surface area contributed by atoms with Gasteiger partial charge in [0, 0.05) is 12.3 Å². The molecule has 0 aliphatic heterocycles. The van der Waals surface area contributed by atoms with Crippen LogP contribution >= 0.6 is 11.6 Å². The van der Waals surface area contributed by atoms with Gasteiger partial charge in [0.15, 0.2) is 5.75 Å². The van der Waals surface area contributed by atoms with E-state index in [9.17, 15) is 14.9 Å². The molecule has 8 heteroatoms. The van der Waals surface area contributed by atoms with Crippen LogP contribution in [0, 0.1) is 10.1 Å². The highest BCUT2D eigenvalue weighted by atomic mass is 35.5. The first-order valence-corrected chi connectivity index (χ1v) is 5.67. The van der Waals surface area contributed by atoms with Crippen molar-refractivity contribution >= 4 is 23.3 Å². The molecule has 0 aliphatic rings. The highest BCUT2D eigenvalue weighted by molar-refractivity contribution is 6.32. The summed E-state index contributed by atoms with van der Waals surface area (Å²) in [5, 5.41) is 19.8. The van der Waals surface area contributed by atoms with Gasteiger partial charge >= 0.3 is 5.97 Å². The van der Waals surface area contributed by atoms with Gasteiger partial charge < -0.3 is 9.84 Å². The molecule has 0 aliphatic carbocycles. The highest BCUT2D eigenvalue weighted by Gasteiger charge is 2.16. The summed E-state index contributed by atoms with van der Waals surface area (Å²) in [6.45, 7) is 0. The molecule has 1 aromatic heterocycles. The number of carboxylic acid groups (broad SMARTS) is 1. The Balaban J connectivity index is 2.42. The number of aromatic carboxylic acids is 1. The Morgan fingerprint density at radius 1 is 1.40 bits per heavy atom. The lowest BCUT2D eigenvalue weighted by Crippen LogP contribution is -2.02. The van der Waals surface area contributed by atoms with E-state index in [0.29, 0.717) is 0 Å². The molecule has 102 valence electrons. The molecule has 2 rings (SSSR count). The third-order valence-corrected chi connectivity index (χ3v) is 2.65. The molecule has 0 atom stereocenters. The maximum absolute atomic E-state index is 11.0. The highest BCUT2D eigenvalue weighted by Crippen LogP contribution is 2.33. The van der Waals surface area contributed by atoms with E-state index in [-0.39, 0.29) is 27.9 Å². The quantitative estimate of drug-likeness (QED) is 0.686. The number of hydrogen-bond acceptors (Lipinski definition) is 5. The smallest absolute Gasteiger partial charge is 0.341 e. The van der Waals surface area contributed by atoms with Gasteiger partial charge in [-0.25, -0.2) is 9.78 Å². The Morgan fingerprint density at radius 2 is 2.15 bits per heavy atom. The molecule has 0 amide bonds. The molecule has 0 unspecified atom stereocenters. The van der Waals surface area contributed by atoms with E-state index in [0.717, 1.165) is 6.07 Å². The van der Waals surface area contributed by atoms with Crippen molar-refractivity contribution in [3.63, 3.8) is 0 Å². The first-order chi connectivity index (χ1) is 9.49. The second-order valence-corrected chi connectivity index (χ2v) is 4.04. The Hall–Kier alpha value is -2.67. The second kappa shape index (κ2) is 5.54. The average molecular weight is 295 g/mol. The minimum absolute atomic E-state index is 0.0398. The molecule has 0 spiro atoms. The van der Waals surface area contributed by atoms with Gasteiger partial charge in [0.25, 0.3) is 5.69 Å². The normalized spacial score (nSPS) is 10.1. The van der Waals surface area contributed by atoms with Crippen LogP contribution < -0.4 is 4.74 Å². The van der Waals surface area contributed by atoms with E-state index in [1.165, 1.54) is 30.5 Å². The molecule has 1 N–H and O–H groups in total. The monoisotopic (exact) mass is 294 g/mol. The van der Waals surface area contributed by atoms with Crippen molar-refractivity contribution in [1.82, 2.24) is 4.98 Å². The number of rotatable bonds is 4. The molecule has 20 heavy (non-hydrogen) atoms. The number of nitro benzene ring substituents is 1. The maximum atomic E-state index is 11.0. The summed E-state index contributed by atoms with van der Waals surface area (Å²) >= 11 is 5.86. The van der Waals surface area contributed by atoms with Gasteiger partial charge in [-0.3, -0.25) is 10.1 Å². The number of non-ortho nitro benzene ring substituents is 1. The van der Waals surface area contributed by atoms with Crippen LogP contribution in [0.25, 0.3) is 0 Å². The average Bonchev–Trinajstić information content (AvgIpc) is 2.41. The molecule has 2 aromatic rings. The van der Waals surface area contributed by atoms with E-state index < -0.39 is 10.9 Å². The van der Waals surface area contributed by atoms with Crippen molar-refractivity contribution in [2.24, 2.45) is 0 Å². The van der Waals surface area contributed by atoms with Crippen LogP contribution in [0.5, 0.6) is 11.6 Å². The molecule has 1 heterocycles. The van der Waals surface area contributed by atoms with Crippen molar-refractivity contribution < 1.29 is 19.6 Å². The van der Waals surface area contributed by atoms with E-state index in [1.807, 2.05) is 0 Å². The zero-order valence-corrected chi connectivity index (χ0v) is 10.6. The van der Waals surface area contributed by atoms with Gasteiger partial charge in [0.05, 0.1) is 16.0 Å². The summed E-state index contributed by atoms with van der Waals surface area (Å²) in [5.41, 5.74) is -0.396. The van der Waals surface area contributed by atoms with Crippen molar-refractivity contribution in [1.29, 1.82) is 0 Å². The number of ether oxygens (including phenoxy) is 1. The molecule has 0 fully saturated rings. The molecule has 7 nitrogen and oxygen atoms in total. The first kappa shape index (κ1) is 13.8. The van der Waals surface area contributed by atoms with E-state index in [1.54, 1.807) is 0 Å². The molecule has 0 bridgehead atoms. The largest absolute Gasteiger partial charge is 0.477 e. The number of halogens is 1. The summed E-state index contributed by atoms with van der Waals surface area (Å²) in [7, 11) is 0. The number of carbonyl (C=O) groups is 1. The molecule has 0 saturated carbocycles. The number of nitro groups is 1. The fourth-order valence-corrected chi connectivity index (χ4v) is 1.58. The van der Waals surface area contributed by atoms with Crippen molar-refractivity contribution in [2.75, 3.05) is 0 Å². The summed E-state index contributed by atoms with van der Waals surface area (Å²) in [5.74, 6) is -1.46. The minimum atomic E-state index is -1.23. The fourth-order valence-electron chi connectivity index (χ4n) is 1.42. The lowest BCUT2D eigenvalue weighted by atomic mass is 10.2. The van der Waals surface area contributed by atoms with Crippen LogP contribution in [0.4, 0.5) is 5.69 Å². The Kier molecular flexibility index (Phi) is 3.81. The van der Waals surface area contributed by atoms with Crippen LogP contribution in [0.2, 0.25) is 5.02 Å². The lowest BCUT2D eigenvalue weighted by Gasteiger charge is -2.08. The maximum Gasteiger partial charge on any atom is 0.341 e. The molecular formula is C12H7ClN2O5. The number of hydrogen-bond donors (Lipinski definition) is 1. The van der Waals surface area contributed by atoms with Gasteiger partial charge in [-0.2, -0.15) is 0 Å². The van der Waals surface area contributed by atoms with Crippen LogP contribution in [-0.2, 0) is 0 Å². The van der Waals surface area contributed by atoms with Crippen LogP contribution in [0.3, 0.4) is 0 Å². The van der Waals surface area contributed by atoms with Crippen molar-refractivity contribution in [2.45, 2.75) is 0 Å². The summed E-state index contributed by atoms with van der Waals surface area (Å²) in [6, 6.07) is 6.34. The number of benzene rings is 1. The standard InChI is InChI=1S/C12H7ClN2O5/c13-9-4-3-7(15(18)19)6-10(9)20-11-8(12(16)17)2-1-5-14-11/h1-6H,(H,16,17). The fraction of sp³-hybridized carbons (Fsp3) is 0. The number of carboxylic acids is 1. The lowest BCUT2D eigenvalue weighted by molar-refractivity contribution is -0.384. The zero-order valence-electron chi connectivity index (χ0n) is 9.82. The third-order valence-electron chi connectivity index (χ3n) is 2.33. The number of nitrogens with zero attached hydrogens (tertiary/aromatic N) is 2. The molecule has 1 aromatic carbocycles. The molecule has 0 saturated heterocycles. The Morgan fingerprint density at radius 3 is 2.80 bits per heavy atom. The van der Waals surface area contributed by atoms with Gasteiger partial charge in [0.2, 0.25) is 5.88 Å². The van der Waals surface area contributed by atoms with Gasteiger partial charge in [-0.05, 0) is 18.2 Å². The summed E-state index contributed by atoms with van der Waals surface area (Å²) < 4.78 is 5.26. The topological polar surface area (TPSA) is 103 Å². The van der Waals surface area contributed by atoms with Gasteiger partial charge in [-0.15, -0.1) is 0 Å². The summed E-state index contributed by atoms with van der Waals surface area (Å²) in [4.78, 5) is 24.9. The third kappa shape index (κ3) is 2.83. The van der Waals surface area contributed by atoms with Crippen molar-refractivity contribution in [3.8, 4) is 11.6 Å². The minimum Gasteiger partial charge on any atom is -0.477 e. The van der Waals surface area contributed by atoms with Crippen LogP contribution in [0.1, 0.15) is 10.4 Å². The predicted molar refractivity (Wildman–Crippen MR) is 69.4 cm³/mol. The second-order valence-electron chi connectivity index (χ2n) is 3.64. The predicted octanol–water partition coefficient (Wildman–Crippen LogP) is 3.13. The number of pyridine rings is 1. The Bertz CT molecular complexity index is 689. The van der Waals surface area contributed by atoms with E-state index in [2.05, 4.69) is 4.98 Å². The van der Waals surface area contributed by atoms with E-state index in [4.69, 9.17) is 21.4 Å². The molecule has 0 radical (unpaired) electrons. The zero-order chi connectivity index (χ0) is 14.7. The van der Waals surface area contributed by atoms with Gasteiger partial charge in [-0.1, -0.05) is 11.6 Å². The first-order valence-electron chi connectivity index (χ1n) is 5.29. The van der Waals surface area contributed by atoms with Crippen LogP contribution in [-0.4, -0.2) is 21.0 Å².